The lowest BCUT2D eigenvalue weighted by atomic mass is 9.78. The number of aromatic nitrogens is 1. The maximum Gasteiger partial charge on any atom is 0.190 e. The monoisotopic (exact) mass is 459 g/mol. The van der Waals surface area contributed by atoms with Crippen LogP contribution in [-0.4, -0.2) is 42.1 Å². The van der Waals surface area contributed by atoms with Crippen molar-refractivity contribution in [2.45, 2.75) is 38.4 Å². The van der Waals surface area contributed by atoms with Gasteiger partial charge in [0.2, 0.25) is 0 Å². The highest BCUT2D eigenvalue weighted by Gasteiger charge is 2.40. The first kappa shape index (κ1) is 22.4. The van der Waals surface area contributed by atoms with E-state index < -0.39 is 0 Å². The van der Waals surface area contributed by atoms with Gasteiger partial charge in [0, 0.05) is 35.6 Å². The highest BCUT2D eigenvalue weighted by molar-refractivity contribution is 6.22. The van der Waals surface area contributed by atoms with E-state index in [0.29, 0.717) is 18.4 Å². The molecule has 0 saturated heterocycles. The Morgan fingerprint density at radius 2 is 1.88 bits per heavy atom. The average molecular weight is 460 g/mol. The lowest BCUT2D eigenvalue weighted by Crippen LogP contribution is -2.41. The third-order valence-electron chi connectivity index (χ3n) is 7.24. The van der Waals surface area contributed by atoms with Crippen molar-refractivity contribution in [1.82, 2.24) is 4.57 Å². The largest absolute Gasteiger partial charge is 0.497 e. The quantitative estimate of drug-likeness (QED) is 0.492. The molecule has 3 atom stereocenters. The molecule has 1 aliphatic heterocycles. The number of hydrogen-bond acceptors (Lipinski definition) is 5. The van der Waals surface area contributed by atoms with E-state index in [-0.39, 0.29) is 36.3 Å². The van der Waals surface area contributed by atoms with Gasteiger partial charge in [-0.15, -0.1) is 0 Å². The molecule has 0 amide bonds. The summed E-state index contributed by atoms with van der Waals surface area (Å²) in [5, 5.41) is 0.956. The maximum absolute atomic E-state index is 13.2. The van der Waals surface area contributed by atoms with E-state index in [1.165, 1.54) is 0 Å². The molecule has 0 radical (unpaired) electrons. The van der Waals surface area contributed by atoms with Crippen LogP contribution in [0.2, 0.25) is 0 Å². The molecule has 34 heavy (non-hydrogen) atoms. The number of ether oxygens (including phenoxy) is 3. The van der Waals surface area contributed by atoms with Gasteiger partial charge in [-0.3, -0.25) is 9.59 Å². The van der Waals surface area contributed by atoms with Gasteiger partial charge in [0.1, 0.15) is 18.5 Å². The molecule has 0 spiro atoms. The Balaban J connectivity index is 1.24. The number of carbonyl (C=O) groups excluding carboxylic acids is 2. The summed E-state index contributed by atoms with van der Waals surface area (Å²) in [5.74, 6) is 0.663. The summed E-state index contributed by atoms with van der Waals surface area (Å²) in [6, 6.07) is 15.4. The number of ketones is 2. The molecule has 2 heterocycles. The van der Waals surface area contributed by atoms with Crippen LogP contribution in [0.1, 0.15) is 40.9 Å². The fourth-order valence-electron chi connectivity index (χ4n) is 5.23. The molecule has 3 unspecified atom stereocenters. The van der Waals surface area contributed by atoms with Gasteiger partial charge in [0.05, 0.1) is 31.0 Å². The Morgan fingerprint density at radius 1 is 1.12 bits per heavy atom. The van der Waals surface area contributed by atoms with Gasteiger partial charge in [0.15, 0.2) is 11.6 Å². The lowest BCUT2D eigenvalue weighted by Gasteiger charge is -2.37. The third-order valence-corrected chi connectivity index (χ3v) is 7.24. The molecule has 1 saturated carbocycles. The van der Waals surface area contributed by atoms with E-state index in [2.05, 4.69) is 0 Å². The van der Waals surface area contributed by atoms with Crippen molar-refractivity contribution in [3.63, 3.8) is 0 Å². The Bertz CT molecular complexity index is 1270. The molecule has 6 nitrogen and oxygen atoms in total. The number of aryl methyl sites for hydroxylation is 1. The van der Waals surface area contributed by atoms with Gasteiger partial charge in [-0.25, -0.2) is 0 Å². The zero-order chi connectivity index (χ0) is 23.8. The molecule has 2 aliphatic rings. The highest BCUT2D eigenvalue weighted by Crippen LogP contribution is 2.37. The summed E-state index contributed by atoms with van der Waals surface area (Å²) in [7, 11) is 3.59. The first-order chi connectivity index (χ1) is 16.5. The highest BCUT2D eigenvalue weighted by atomic mass is 16.5. The number of rotatable bonds is 6. The standard InChI is InChI=1S/C28H29NO5/c1-17-27(21-6-4-5-7-24(21)29(17)2)25(30)16-33-20-12-13-22-26(14-20)34-15-23(28(22)31)18-8-10-19(32-3)11-9-18/h4-11,15,20,22,26H,12-14,16H2,1-3H3. The summed E-state index contributed by atoms with van der Waals surface area (Å²) in [6.07, 6.45) is 3.27. The molecule has 1 aliphatic carbocycles. The second-order valence-electron chi connectivity index (χ2n) is 9.11. The van der Waals surface area contributed by atoms with Gasteiger partial charge in [-0.2, -0.15) is 0 Å². The predicted octanol–water partition coefficient (Wildman–Crippen LogP) is 4.87. The van der Waals surface area contributed by atoms with Crippen LogP contribution >= 0.6 is 0 Å². The van der Waals surface area contributed by atoms with Gasteiger partial charge in [0.25, 0.3) is 0 Å². The SMILES string of the molecule is COc1ccc(C2=COC3CC(OCC(=O)c4c(C)n(C)c5ccccc45)CCC3C2=O)cc1. The first-order valence-electron chi connectivity index (χ1n) is 11.7. The van der Waals surface area contributed by atoms with Crippen LogP contribution in [0.5, 0.6) is 5.75 Å². The zero-order valence-corrected chi connectivity index (χ0v) is 19.7. The number of benzene rings is 2. The van der Waals surface area contributed by atoms with Crippen molar-refractivity contribution in [2.75, 3.05) is 13.7 Å². The van der Waals surface area contributed by atoms with E-state index in [4.69, 9.17) is 14.2 Å². The lowest BCUT2D eigenvalue weighted by molar-refractivity contribution is -0.127. The Kier molecular flexibility index (Phi) is 6.00. The number of carbonyl (C=O) groups is 2. The number of methoxy groups -OCH3 is 1. The number of nitrogens with zero attached hydrogens (tertiary/aromatic N) is 1. The maximum atomic E-state index is 13.2. The number of hydrogen-bond donors (Lipinski definition) is 0. The minimum absolute atomic E-state index is 0.0150. The van der Waals surface area contributed by atoms with E-state index >= 15 is 0 Å². The van der Waals surface area contributed by atoms with E-state index in [1.54, 1.807) is 13.4 Å². The van der Waals surface area contributed by atoms with Crippen molar-refractivity contribution in [3.8, 4) is 5.75 Å². The molecule has 5 rings (SSSR count). The minimum Gasteiger partial charge on any atom is -0.497 e. The van der Waals surface area contributed by atoms with E-state index in [0.717, 1.165) is 39.9 Å². The van der Waals surface area contributed by atoms with Crippen molar-refractivity contribution >= 4 is 28.0 Å². The van der Waals surface area contributed by atoms with Crippen molar-refractivity contribution in [3.05, 3.63) is 71.6 Å². The molecule has 6 heteroatoms. The smallest absolute Gasteiger partial charge is 0.190 e. The molecule has 0 N–H and O–H groups in total. The molecule has 176 valence electrons. The molecule has 3 aromatic rings. The molecular weight excluding hydrogens is 430 g/mol. The van der Waals surface area contributed by atoms with Crippen molar-refractivity contribution in [1.29, 1.82) is 0 Å². The van der Waals surface area contributed by atoms with Crippen LogP contribution in [0.15, 0.2) is 54.8 Å². The zero-order valence-electron chi connectivity index (χ0n) is 19.7. The van der Waals surface area contributed by atoms with E-state index in [9.17, 15) is 9.59 Å². The topological polar surface area (TPSA) is 66.8 Å². The van der Waals surface area contributed by atoms with Crippen LogP contribution in [-0.2, 0) is 21.3 Å². The van der Waals surface area contributed by atoms with Crippen LogP contribution in [0.25, 0.3) is 16.5 Å². The Hall–Kier alpha value is -3.38. The summed E-state index contributed by atoms with van der Waals surface area (Å²) < 4.78 is 19.3. The molecule has 1 aromatic heterocycles. The fraction of sp³-hybridized carbons (Fsp3) is 0.357. The summed E-state index contributed by atoms with van der Waals surface area (Å²) in [6.45, 7) is 1.99. The van der Waals surface area contributed by atoms with Crippen LogP contribution in [0, 0.1) is 12.8 Å². The fourth-order valence-corrected chi connectivity index (χ4v) is 5.23. The summed E-state index contributed by atoms with van der Waals surface area (Å²) >= 11 is 0. The average Bonchev–Trinajstić information content (AvgIpc) is 3.13. The van der Waals surface area contributed by atoms with Crippen molar-refractivity contribution < 1.29 is 23.8 Å². The van der Waals surface area contributed by atoms with Crippen LogP contribution in [0.4, 0.5) is 0 Å². The first-order valence-corrected chi connectivity index (χ1v) is 11.7. The second-order valence-corrected chi connectivity index (χ2v) is 9.11. The normalized spacial score (nSPS) is 22.1. The second kappa shape index (κ2) is 9.11. The minimum atomic E-state index is -0.220. The van der Waals surface area contributed by atoms with Gasteiger partial charge >= 0.3 is 0 Å². The summed E-state index contributed by atoms with van der Waals surface area (Å²) in [4.78, 5) is 26.2. The molecule has 0 bridgehead atoms. The van der Waals surface area contributed by atoms with E-state index in [1.807, 2.05) is 67.1 Å². The van der Waals surface area contributed by atoms with Crippen LogP contribution < -0.4 is 4.74 Å². The molecular formula is C28H29NO5. The third kappa shape index (κ3) is 3.92. The molecule has 1 fully saturated rings. The number of Topliss-reactive ketones (excluding diaryl/α,β-unsaturated/α-hetero) is 2. The van der Waals surface area contributed by atoms with Gasteiger partial charge in [-0.05, 0) is 43.5 Å². The predicted molar refractivity (Wildman–Crippen MR) is 130 cm³/mol. The molecule has 2 aromatic carbocycles. The Labute approximate surface area is 199 Å². The summed E-state index contributed by atoms with van der Waals surface area (Å²) in [5.41, 5.74) is 4.14. The number of fused-ring (bicyclic) bond motifs is 2. The number of allylic oxidation sites excluding steroid dienone is 1. The number of para-hydroxylation sites is 1. The Morgan fingerprint density at radius 3 is 2.65 bits per heavy atom. The van der Waals surface area contributed by atoms with Gasteiger partial charge < -0.3 is 18.8 Å². The van der Waals surface area contributed by atoms with Gasteiger partial charge in [-0.1, -0.05) is 30.3 Å². The van der Waals surface area contributed by atoms with Crippen molar-refractivity contribution in [2.24, 2.45) is 13.0 Å². The van der Waals surface area contributed by atoms with Crippen LogP contribution in [0.3, 0.4) is 0 Å².